The molecule has 0 bridgehead atoms. The van der Waals surface area contributed by atoms with Crippen molar-refractivity contribution in [2.75, 3.05) is 20.8 Å². The zero-order valence-corrected chi connectivity index (χ0v) is 12.1. The molecule has 21 heavy (non-hydrogen) atoms. The highest BCUT2D eigenvalue weighted by Crippen LogP contribution is 2.42. The Morgan fingerprint density at radius 3 is 2.33 bits per heavy atom. The van der Waals surface area contributed by atoms with Gasteiger partial charge < -0.3 is 19.3 Å². The van der Waals surface area contributed by atoms with E-state index in [2.05, 4.69) is 0 Å². The number of ether oxygens (including phenoxy) is 3. The first-order chi connectivity index (χ1) is 10.2. The molecular weight excluding hydrogens is 268 g/mol. The SMILES string of the molecule is COc1ccc([C@@H]2COc3cc(OC)ccc3[C@@H]2O)cc1. The minimum atomic E-state index is -0.590. The fourth-order valence-electron chi connectivity index (χ4n) is 2.63. The van der Waals surface area contributed by atoms with Crippen molar-refractivity contribution in [1.29, 1.82) is 0 Å². The monoisotopic (exact) mass is 286 g/mol. The average molecular weight is 286 g/mol. The lowest BCUT2D eigenvalue weighted by Gasteiger charge is -2.30. The largest absolute Gasteiger partial charge is 0.497 e. The quantitative estimate of drug-likeness (QED) is 0.942. The third-order valence-corrected chi connectivity index (χ3v) is 3.88. The van der Waals surface area contributed by atoms with Crippen LogP contribution in [0.15, 0.2) is 42.5 Å². The summed E-state index contributed by atoms with van der Waals surface area (Å²) < 4.78 is 16.1. The van der Waals surface area contributed by atoms with Crippen molar-refractivity contribution < 1.29 is 19.3 Å². The maximum atomic E-state index is 10.6. The van der Waals surface area contributed by atoms with Crippen LogP contribution in [-0.4, -0.2) is 25.9 Å². The van der Waals surface area contributed by atoms with Gasteiger partial charge in [-0.2, -0.15) is 0 Å². The van der Waals surface area contributed by atoms with E-state index in [0.29, 0.717) is 12.4 Å². The van der Waals surface area contributed by atoms with Gasteiger partial charge in [-0.15, -0.1) is 0 Å². The van der Waals surface area contributed by atoms with Crippen molar-refractivity contribution in [3.05, 3.63) is 53.6 Å². The Morgan fingerprint density at radius 1 is 1.00 bits per heavy atom. The van der Waals surface area contributed by atoms with Crippen LogP contribution in [-0.2, 0) is 0 Å². The molecule has 0 aromatic heterocycles. The molecule has 4 nitrogen and oxygen atoms in total. The molecule has 0 unspecified atom stereocenters. The highest BCUT2D eigenvalue weighted by atomic mass is 16.5. The van der Waals surface area contributed by atoms with E-state index in [9.17, 15) is 5.11 Å². The molecule has 110 valence electrons. The van der Waals surface area contributed by atoms with Crippen LogP contribution < -0.4 is 14.2 Å². The van der Waals surface area contributed by atoms with Crippen molar-refractivity contribution in [2.45, 2.75) is 12.0 Å². The number of rotatable bonds is 3. The number of aliphatic hydroxyl groups is 1. The molecule has 0 aliphatic carbocycles. The first-order valence-electron chi connectivity index (χ1n) is 6.85. The van der Waals surface area contributed by atoms with Crippen molar-refractivity contribution in [3.63, 3.8) is 0 Å². The van der Waals surface area contributed by atoms with Crippen LogP contribution in [0.2, 0.25) is 0 Å². The second kappa shape index (κ2) is 5.66. The van der Waals surface area contributed by atoms with Gasteiger partial charge in [0.1, 0.15) is 17.2 Å². The van der Waals surface area contributed by atoms with Crippen LogP contribution in [0.4, 0.5) is 0 Å². The van der Waals surface area contributed by atoms with Crippen molar-refractivity contribution in [1.82, 2.24) is 0 Å². The van der Waals surface area contributed by atoms with E-state index in [-0.39, 0.29) is 5.92 Å². The molecule has 1 heterocycles. The smallest absolute Gasteiger partial charge is 0.128 e. The lowest BCUT2D eigenvalue weighted by Crippen LogP contribution is -2.24. The van der Waals surface area contributed by atoms with Crippen LogP contribution >= 0.6 is 0 Å². The molecule has 0 amide bonds. The highest BCUT2D eigenvalue weighted by Gasteiger charge is 2.30. The molecule has 1 N–H and O–H groups in total. The van der Waals surface area contributed by atoms with Gasteiger partial charge in [-0.3, -0.25) is 0 Å². The predicted octanol–water partition coefficient (Wildman–Crippen LogP) is 2.91. The topological polar surface area (TPSA) is 47.9 Å². The van der Waals surface area contributed by atoms with Crippen LogP contribution in [0.3, 0.4) is 0 Å². The number of hydrogen-bond acceptors (Lipinski definition) is 4. The minimum Gasteiger partial charge on any atom is -0.497 e. The normalized spacial score (nSPS) is 20.3. The van der Waals surface area contributed by atoms with E-state index in [1.54, 1.807) is 14.2 Å². The molecule has 2 atom stereocenters. The summed E-state index contributed by atoms with van der Waals surface area (Å²) in [7, 11) is 3.25. The lowest BCUT2D eigenvalue weighted by atomic mass is 9.87. The summed E-state index contributed by atoms with van der Waals surface area (Å²) in [4.78, 5) is 0. The van der Waals surface area contributed by atoms with E-state index in [4.69, 9.17) is 14.2 Å². The van der Waals surface area contributed by atoms with Gasteiger partial charge in [-0.05, 0) is 29.8 Å². The fraction of sp³-hybridized carbons (Fsp3) is 0.294. The van der Waals surface area contributed by atoms with Crippen molar-refractivity contribution >= 4 is 0 Å². The molecular formula is C17H18O4. The van der Waals surface area contributed by atoms with Gasteiger partial charge in [-0.1, -0.05) is 12.1 Å². The summed E-state index contributed by atoms with van der Waals surface area (Å²) in [5.74, 6) is 2.13. The third kappa shape index (κ3) is 2.54. The Hall–Kier alpha value is -2.20. The summed E-state index contributed by atoms with van der Waals surface area (Å²) in [6.45, 7) is 0.438. The summed E-state index contributed by atoms with van der Waals surface area (Å²) in [5.41, 5.74) is 1.83. The molecule has 1 aliphatic rings. The van der Waals surface area contributed by atoms with E-state index < -0.39 is 6.10 Å². The summed E-state index contributed by atoms with van der Waals surface area (Å²) in [6.07, 6.45) is -0.590. The van der Waals surface area contributed by atoms with Gasteiger partial charge in [-0.25, -0.2) is 0 Å². The Morgan fingerprint density at radius 2 is 1.67 bits per heavy atom. The zero-order valence-electron chi connectivity index (χ0n) is 12.1. The number of fused-ring (bicyclic) bond motifs is 1. The Labute approximate surface area is 123 Å². The van der Waals surface area contributed by atoms with Gasteiger partial charge in [0.25, 0.3) is 0 Å². The van der Waals surface area contributed by atoms with E-state index in [1.165, 1.54) is 0 Å². The molecule has 4 heteroatoms. The summed E-state index contributed by atoms with van der Waals surface area (Å²) in [6, 6.07) is 13.2. The standard InChI is InChI=1S/C17H18O4/c1-19-12-5-3-11(4-6-12)15-10-21-16-9-13(20-2)7-8-14(16)17(15)18/h3-9,15,17-18H,10H2,1-2H3/t15-,17-/m0/s1. The van der Waals surface area contributed by atoms with Gasteiger partial charge >= 0.3 is 0 Å². The van der Waals surface area contributed by atoms with Crippen molar-refractivity contribution in [3.8, 4) is 17.2 Å². The fourth-order valence-corrected chi connectivity index (χ4v) is 2.63. The first-order valence-corrected chi connectivity index (χ1v) is 6.85. The highest BCUT2D eigenvalue weighted by molar-refractivity contribution is 5.45. The van der Waals surface area contributed by atoms with Gasteiger partial charge in [0.05, 0.1) is 26.9 Å². The van der Waals surface area contributed by atoms with E-state index in [1.807, 2.05) is 42.5 Å². The molecule has 2 aromatic rings. The summed E-state index contributed by atoms with van der Waals surface area (Å²) >= 11 is 0. The molecule has 3 rings (SSSR count). The van der Waals surface area contributed by atoms with E-state index >= 15 is 0 Å². The second-order valence-corrected chi connectivity index (χ2v) is 5.04. The Bertz CT molecular complexity index is 621. The number of benzene rings is 2. The maximum absolute atomic E-state index is 10.6. The van der Waals surface area contributed by atoms with Crippen LogP contribution in [0.5, 0.6) is 17.2 Å². The maximum Gasteiger partial charge on any atom is 0.128 e. The molecule has 0 spiro atoms. The molecule has 2 aromatic carbocycles. The van der Waals surface area contributed by atoms with Crippen LogP contribution in [0.1, 0.15) is 23.1 Å². The summed E-state index contributed by atoms with van der Waals surface area (Å²) in [5, 5.41) is 10.6. The molecule has 0 fully saturated rings. The van der Waals surface area contributed by atoms with Gasteiger partial charge in [0, 0.05) is 17.5 Å². The Kier molecular flexibility index (Phi) is 3.71. The number of hydrogen-bond donors (Lipinski definition) is 1. The van der Waals surface area contributed by atoms with E-state index in [0.717, 1.165) is 22.6 Å². The van der Waals surface area contributed by atoms with Crippen molar-refractivity contribution in [2.24, 2.45) is 0 Å². The average Bonchev–Trinajstić information content (AvgIpc) is 2.55. The molecule has 1 aliphatic heterocycles. The van der Waals surface area contributed by atoms with Crippen LogP contribution in [0.25, 0.3) is 0 Å². The van der Waals surface area contributed by atoms with Gasteiger partial charge in [0.2, 0.25) is 0 Å². The molecule has 0 saturated heterocycles. The number of methoxy groups -OCH3 is 2. The van der Waals surface area contributed by atoms with Gasteiger partial charge in [0.15, 0.2) is 0 Å². The lowest BCUT2D eigenvalue weighted by molar-refractivity contribution is 0.0887. The second-order valence-electron chi connectivity index (χ2n) is 5.04. The minimum absolute atomic E-state index is 0.0863. The first kappa shape index (κ1) is 13.8. The zero-order chi connectivity index (χ0) is 14.8. The molecule has 0 radical (unpaired) electrons. The number of aliphatic hydroxyl groups excluding tert-OH is 1. The Balaban J connectivity index is 1.88. The molecule has 0 saturated carbocycles. The predicted molar refractivity (Wildman–Crippen MR) is 79.2 cm³/mol. The van der Waals surface area contributed by atoms with Crippen LogP contribution in [0, 0.1) is 0 Å². The third-order valence-electron chi connectivity index (χ3n) is 3.88.